The van der Waals surface area contributed by atoms with Crippen LogP contribution >= 0.6 is 11.5 Å². The molecule has 2 heterocycles. The molecule has 1 saturated heterocycles. The summed E-state index contributed by atoms with van der Waals surface area (Å²) in [6, 6.07) is 12.7. The third-order valence-corrected chi connectivity index (χ3v) is 6.00. The summed E-state index contributed by atoms with van der Waals surface area (Å²) in [5.41, 5.74) is 7.34. The highest BCUT2D eigenvalue weighted by molar-refractivity contribution is 7.13. The van der Waals surface area contributed by atoms with Crippen LogP contribution in [-0.4, -0.2) is 42.1 Å². The molecule has 2 amide bonds. The van der Waals surface area contributed by atoms with Crippen LogP contribution in [0.3, 0.4) is 0 Å². The lowest BCUT2D eigenvalue weighted by atomic mass is 10.0. The van der Waals surface area contributed by atoms with E-state index in [2.05, 4.69) is 9.69 Å². The summed E-state index contributed by atoms with van der Waals surface area (Å²) < 4.78 is 16.4. The van der Waals surface area contributed by atoms with Gasteiger partial charge in [-0.1, -0.05) is 13.8 Å². The maximum absolute atomic E-state index is 13.0. The Morgan fingerprint density at radius 1 is 1.28 bits per heavy atom. The number of hydrogen-bond donors (Lipinski definition) is 2. The van der Waals surface area contributed by atoms with Gasteiger partial charge in [0, 0.05) is 23.3 Å². The number of hydrogen-bond acceptors (Lipinski definition) is 7. The van der Waals surface area contributed by atoms with Gasteiger partial charge < -0.3 is 25.4 Å². The van der Waals surface area contributed by atoms with Crippen LogP contribution in [-0.2, 0) is 14.3 Å². The average molecular weight is 455 g/mol. The van der Waals surface area contributed by atoms with Crippen LogP contribution in [0.1, 0.15) is 20.3 Å². The molecule has 9 heteroatoms. The minimum Gasteiger partial charge on any atom is -0.481 e. The number of fused-ring (bicyclic) bond motifs is 1. The summed E-state index contributed by atoms with van der Waals surface area (Å²) >= 11 is 1.33. The predicted molar refractivity (Wildman–Crippen MR) is 126 cm³/mol. The van der Waals surface area contributed by atoms with Gasteiger partial charge in [0.1, 0.15) is 18.2 Å². The largest absolute Gasteiger partial charge is 0.481 e. The molecule has 32 heavy (non-hydrogen) atoms. The molecule has 0 aliphatic carbocycles. The minimum absolute atomic E-state index is 0.0724. The number of carbonyl (C=O) groups is 2. The van der Waals surface area contributed by atoms with Crippen LogP contribution in [0.4, 0.5) is 17.2 Å². The monoisotopic (exact) mass is 454 g/mol. The Kier molecular flexibility index (Phi) is 6.57. The fourth-order valence-corrected chi connectivity index (χ4v) is 4.24. The van der Waals surface area contributed by atoms with Crippen LogP contribution < -0.4 is 20.7 Å². The maximum Gasteiger partial charge on any atom is 0.265 e. The molecule has 1 atom stereocenters. The zero-order valence-electron chi connectivity index (χ0n) is 18.0. The normalized spacial score (nSPS) is 15.2. The molecule has 0 spiro atoms. The number of ether oxygens (including phenoxy) is 2. The predicted octanol–water partition coefficient (Wildman–Crippen LogP) is 3.67. The summed E-state index contributed by atoms with van der Waals surface area (Å²) in [5, 5.41) is 3.75. The number of nitrogens with one attached hydrogen (secondary N) is 1. The van der Waals surface area contributed by atoms with E-state index in [0.29, 0.717) is 36.8 Å². The Morgan fingerprint density at radius 3 is 2.78 bits per heavy atom. The lowest BCUT2D eigenvalue weighted by Gasteiger charge is -2.27. The number of rotatable bonds is 7. The number of aromatic nitrogens is 1. The topological polar surface area (TPSA) is 107 Å². The molecule has 2 aromatic carbocycles. The Labute approximate surface area is 190 Å². The number of anilines is 3. The molecular weight excluding hydrogens is 428 g/mol. The number of benzene rings is 2. The van der Waals surface area contributed by atoms with Crippen LogP contribution in [0.2, 0.25) is 0 Å². The molecule has 8 nitrogen and oxygen atoms in total. The summed E-state index contributed by atoms with van der Waals surface area (Å²) in [7, 11) is 0. The molecule has 1 fully saturated rings. The molecule has 1 aromatic heterocycles. The highest BCUT2D eigenvalue weighted by atomic mass is 32.1. The number of amides is 2. The molecule has 3 N–H and O–H groups in total. The molecule has 1 aliphatic rings. The number of nitrogens with two attached hydrogens (primary N) is 1. The molecule has 168 valence electrons. The van der Waals surface area contributed by atoms with Gasteiger partial charge in [-0.2, -0.15) is 4.37 Å². The van der Waals surface area contributed by atoms with Gasteiger partial charge in [-0.3, -0.25) is 9.59 Å². The quantitative estimate of drug-likeness (QED) is 0.564. The number of nitrogen functional groups attached to an aromatic ring is 1. The molecule has 0 radical (unpaired) electrons. The van der Waals surface area contributed by atoms with Crippen molar-refractivity contribution in [3.05, 3.63) is 42.5 Å². The van der Waals surface area contributed by atoms with Gasteiger partial charge in [0.2, 0.25) is 0 Å². The number of carbonyl (C=O) groups excluding carboxylic acids is 2. The molecule has 1 unspecified atom stereocenters. The first-order valence-electron chi connectivity index (χ1n) is 10.5. The Morgan fingerprint density at radius 2 is 2.06 bits per heavy atom. The van der Waals surface area contributed by atoms with Crippen molar-refractivity contribution in [3.8, 4) is 5.75 Å². The smallest absolute Gasteiger partial charge is 0.265 e. The van der Waals surface area contributed by atoms with E-state index in [4.69, 9.17) is 15.2 Å². The van der Waals surface area contributed by atoms with E-state index in [1.807, 2.05) is 44.2 Å². The molecule has 0 bridgehead atoms. The van der Waals surface area contributed by atoms with E-state index in [0.717, 1.165) is 15.8 Å². The van der Waals surface area contributed by atoms with Crippen molar-refractivity contribution in [3.63, 3.8) is 0 Å². The Hall–Kier alpha value is -3.17. The fraction of sp³-hybridized carbons (Fsp3) is 0.348. The summed E-state index contributed by atoms with van der Waals surface area (Å²) in [5.74, 6) is 0.991. The molecule has 3 aromatic rings. The second-order valence-corrected chi connectivity index (χ2v) is 8.90. The number of nitrogens with zero attached hydrogens (tertiary/aromatic N) is 2. The van der Waals surface area contributed by atoms with Crippen LogP contribution in [0.15, 0.2) is 42.5 Å². The van der Waals surface area contributed by atoms with E-state index < -0.39 is 6.10 Å². The molecule has 0 saturated carbocycles. The Balaban J connectivity index is 1.46. The van der Waals surface area contributed by atoms with Gasteiger partial charge in [-0.15, -0.1) is 0 Å². The van der Waals surface area contributed by atoms with Crippen molar-refractivity contribution >= 4 is 50.6 Å². The highest BCUT2D eigenvalue weighted by Crippen LogP contribution is 2.29. The standard InChI is InChI=1S/C23H26N4O4S/c1-14(2)11-19(31-17-7-8-20-18(12-17)22(24)26-32-20)23(29)25-15-3-5-16(6-4-15)27-9-10-30-13-21(27)28/h3-8,12,14,19H,9-11,13H2,1-2H3,(H2,24,26)(H,25,29). The molecular formula is C23H26N4O4S. The first kappa shape index (κ1) is 22.0. The fourth-order valence-electron chi connectivity index (χ4n) is 3.55. The summed E-state index contributed by atoms with van der Waals surface area (Å²) in [6.45, 7) is 5.20. The van der Waals surface area contributed by atoms with Crippen molar-refractivity contribution in [2.24, 2.45) is 5.92 Å². The second-order valence-electron chi connectivity index (χ2n) is 8.10. The third-order valence-electron chi connectivity index (χ3n) is 5.16. The van der Waals surface area contributed by atoms with Crippen molar-refractivity contribution in [2.75, 3.05) is 35.7 Å². The third kappa shape index (κ3) is 5.00. The average Bonchev–Trinajstić information content (AvgIpc) is 3.14. The minimum atomic E-state index is -0.666. The van der Waals surface area contributed by atoms with Crippen molar-refractivity contribution in [1.82, 2.24) is 4.37 Å². The highest BCUT2D eigenvalue weighted by Gasteiger charge is 2.23. The molecule has 1 aliphatic heterocycles. The van der Waals surface area contributed by atoms with Gasteiger partial charge in [-0.25, -0.2) is 0 Å². The summed E-state index contributed by atoms with van der Waals surface area (Å²) in [4.78, 5) is 26.7. The van der Waals surface area contributed by atoms with Gasteiger partial charge in [0.25, 0.3) is 11.8 Å². The van der Waals surface area contributed by atoms with Gasteiger partial charge in [0.15, 0.2) is 6.10 Å². The summed E-state index contributed by atoms with van der Waals surface area (Å²) in [6.07, 6.45) is -0.109. The van der Waals surface area contributed by atoms with Crippen molar-refractivity contribution < 1.29 is 19.1 Å². The zero-order chi connectivity index (χ0) is 22.7. The van der Waals surface area contributed by atoms with E-state index in [-0.39, 0.29) is 24.3 Å². The van der Waals surface area contributed by atoms with Crippen molar-refractivity contribution in [2.45, 2.75) is 26.4 Å². The van der Waals surface area contributed by atoms with Gasteiger partial charge >= 0.3 is 0 Å². The van der Waals surface area contributed by atoms with E-state index in [1.54, 1.807) is 17.0 Å². The van der Waals surface area contributed by atoms with E-state index in [1.165, 1.54) is 11.5 Å². The van der Waals surface area contributed by atoms with Gasteiger partial charge in [-0.05, 0) is 66.3 Å². The first-order chi connectivity index (χ1) is 15.4. The zero-order valence-corrected chi connectivity index (χ0v) is 18.9. The van der Waals surface area contributed by atoms with Gasteiger partial charge in [0.05, 0.1) is 11.3 Å². The lowest BCUT2D eigenvalue weighted by Crippen LogP contribution is -2.41. The van der Waals surface area contributed by atoms with Crippen LogP contribution in [0, 0.1) is 5.92 Å². The lowest BCUT2D eigenvalue weighted by molar-refractivity contribution is -0.125. The van der Waals surface area contributed by atoms with E-state index in [9.17, 15) is 9.59 Å². The first-order valence-corrected chi connectivity index (χ1v) is 11.3. The van der Waals surface area contributed by atoms with E-state index >= 15 is 0 Å². The van der Waals surface area contributed by atoms with Crippen LogP contribution in [0.5, 0.6) is 5.75 Å². The maximum atomic E-state index is 13.0. The SMILES string of the molecule is CC(C)CC(Oc1ccc2snc(N)c2c1)C(=O)Nc1ccc(N2CCOCC2=O)cc1. The Bertz CT molecular complexity index is 1110. The second kappa shape index (κ2) is 9.54. The van der Waals surface area contributed by atoms with Crippen LogP contribution in [0.25, 0.3) is 10.1 Å². The molecule has 4 rings (SSSR count). The van der Waals surface area contributed by atoms with Crippen molar-refractivity contribution in [1.29, 1.82) is 0 Å². The number of morpholine rings is 1.